The fraction of sp³-hybridized carbons (Fsp3) is 0.333. The number of aromatic amines is 1. The molecular formula is C12H12N2O5. The van der Waals surface area contributed by atoms with Crippen LogP contribution < -0.4 is 0 Å². The first-order valence-electron chi connectivity index (χ1n) is 5.88. The molecule has 0 saturated carbocycles. The number of hydrogen-bond donors (Lipinski definition) is 2. The number of hydrogen-bond acceptors (Lipinski definition) is 4. The molecule has 3 heterocycles. The lowest BCUT2D eigenvalue weighted by molar-refractivity contribution is 0.0284. The molecule has 0 aromatic carbocycles. The lowest BCUT2D eigenvalue weighted by atomic mass is 10.3. The molecule has 1 amide bonds. The van der Waals surface area contributed by atoms with Crippen LogP contribution in [0.15, 0.2) is 16.5 Å². The molecule has 0 radical (unpaired) electrons. The number of aromatic nitrogens is 1. The molecular weight excluding hydrogens is 252 g/mol. The monoisotopic (exact) mass is 264 g/mol. The van der Waals surface area contributed by atoms with Crippen LogP contribution >= 0.6 is 0 Å². The lowest BCUT2D eigenvalue weighted by Crippen LogP contribution is -2.40. The maximum atomic E-state index is 12.1. The van der Waals surface area contributed by atoms with Crippen LogP contribution in [-0.2, 0) is 4.74 Å². The van der Waals surface area contributed by atoms with E-state index in [1.807, 2.05) is 0 Å². The molecule has 1 aliphatic rings. The number of amides is 1. The van der Waals surface area contributed by atoms with Crippen LogP contribution in [0.2, 0.25) is 0 Å². The molecule has 0 spiro atoms. The van der Waals surface area contributed by atoms with E-state index in [1.165, 1.54) is 12.1 Å². The van der Waals surface area contributed by atoms with Gasteiger partial charge in [0.1, 0.15) is 5.69 Å². The van der Waals surface area contributed by atoms with Crippen molar-refractivity contribution in [2.45, 2.75) is 0 Å². The van der Waals surface area contributed by atoms with Crippen LogP contribution in [0.1, 0.15) is 21.0 Å². The van der Waals surface area contributed by atoms with E-state index in [0.717, 1.165) is 0 Å². The van der Waals surface area contributed by atoms with E-state index in [9.17, 15) is 9.59 Å². The Balaban J connectivity index is 1.86. The zero-order valence-electron chi connectivity index (χ0n) is 10.0. The summed E-state index contributed by atoms with van der Waals surface area (Å²) in [4.78, 5) is 27.2. The number of furan rings is 1. The second-order valence-electron chi connectivity index (χ2n) is 4.28. The van der Waals surface area contributed by atoms with E-state index in [4.69, 9.17) is 14.3 Å². The number of nitrogens with one attached hydrogen (secondary N) is 1. The van der Waals surface area contributed by atoms with Crippen LogP contribution in [0.5, 0.6) is 0 Å². The molecule has 2 aromatic heterocycles. The third-order valence-corrected chi connectivity index (χ3v) is 3.05. The highest BCUT2D eigenvalue weighted by Crippen LogP contribution is 2.21. The summed E-state index contributed by atoms with van der Waals surface area (Å²) < 4.78 is 10.6. The Hall–Kier alpha value is -2.28. The summed E-state index contributed by atoms with van der Waals surface area (Å²) in [5, 5.41) is 8.82. The fourth-order valence-corrected chi connectivity index (χ4v) is 2.07. The van der Waals surface area contributed by atoms with E-state index in [0.29, 0.717) is 37.4 Å². The van der Waals surface area contributed by atoms with Crippen molar-refractivity contribution >= 4 is 23.0 Å². The quantitative estimate of drug-likeness (QED) is 0.841. The van der Waals surface area contributed by atoms with E-state index >= 15 is 0 Å². The van der Waals surface area contributed by atoms with Crippen molar-refractivity contribution in [3.63, 3.8) is 0 Å². The van der Waals surface area contributed by atoms with Crippen molar-refractivity contribution in [1.82, 2.24) is 9.88 Å². The first-order chi connectivity index (χ1) is 9.15. The number of carboxylic acid groups (broad SMARTS) is 1. The number of carbonyl (C=O) groups excluding carboxylic acids is 1. The number of H-pyrrole nitrogens is 1. The number of carboxylic acids is 1. The Morgan fingerprint density at radius 2 is 2.00 bits per heavy atom. The van der Waals surface area contributed by atoms with Crippen molar-refractivity contribution < 1.29 is 23.8 Å². The molecule has 0 atom stereocenters. The standard InChI is InChI=1S/C12H12N2O5/c15-11(14-1-3-18-4-2-14)10-5-7-9(19-10)6-8(13-7)12(16)17/h5-6,13H,1-4H2,(H,16,17). The summed E-state index contributed by atoms with van der Waals surface area (Å²) >= 11 is 0. The van der Waals surface area contributed by atoms with Gasteiger partial charge in [-0.25, -0.2) is 4.79 Å². The molecule has 3 rings (SSSR count). The summed E-state index contributed by atoms with van der Waals surface area (Å²) in [5.41, 5.74) is 0.919. The molecule has 19 heavy (non-hydrogen) atoms. The minimum Gasteiger partial charge on any atom is -0.477 e. The number of carbonyl (C=O) groups is 2. The molecule has 100 valence electrons. The Kier molecular flexibility index (Phi) is 2.75. The molecule has 2 aromatic rings. The predicted octanol–water partition coefficient (Wildman–Crippen LogP) is 0.931. The minimum absolute atomic E-state index is 0.0409. The molecule has 0 unspecified atom stereocenters. The number of nitrogens with zero attached hydrogens (tertiary/aromatic N) is 1. The maximum Gasteiger partial charge on any atom is 0.352 e. The van der Waals surface area contributed by atoms with Gasteiger partial charge in [0.2, 0.25) is 0 Å². The average molecular weight is 264 g/mol. The van der Waals surface area contributed by atoms with Crippen LogP contribution in [-0.4, -0.2) is 53.2 Å². The zero-order chi connectivity index (χ0) is 13.4. The fourth-order valence-electron chi connectivity index (χ4n) is 2.07. The van der Waals surface area contributed by atoms with Gasteiger partial charge in [0.05, 0.1) is 18.7 Å². The van der Waals surface area contributed by atoms with Crippen molar-refractivity contribution in [2.75, 3.05) is 26.3 Å². The topological polar surface area (TPSA) is 95.8 Å². The van der Waals surface area contributed by atoms with E-state index in [-0.39, 0.29) is 17.4 Å². The first-order valence-corrected chi connectivity index (χ1v) is 5.88. The number of rotatable bonds is 2. The highest BCUT2D eigenvalue weighted by molar-refractivity contribution is 5.97. The second kappa shape index (κ2) is 4.43. The average Bonchev–Trinajstić information content (AvgIpc) is 2.97. The van der Waals surface area contributed by atoms with Gasteiger partial charge in [-0.2, -0.15) is 0 Å². The number of fused-ring (bicyclic) bond motifs is 1. The van der Waals surface area contributed by atoms with Gasteiger partial charge in [-0.15, -0.1) is 0 Å². The lowest BCUT2D eigenvalue weighted by Gasteiger charge is -2.25. The predicted molar refractivity (Wildman–Crippen MR) is 64.2 cm³/mol. The van der Waals surface area contributed by atoms with Gasteiger partial charge in [-0.1, -0.05) is 0 Å². The van der Waals surface area contributed by atoms with Crippen molar-refractivity contribution in [2.24, 2.45) is 0 Å². The normalized spacial score (nSPS) is 15.9. The molecule has 0 aliphatic carbocycles. The van der Waals surface area contributed by atoms with Gasteiger partial charge in [-0.05, 0) is 0 Å². The van der Waals surface area contributed by atoms with E-state index in [1.54, 1.807) is 4.90 Å². The number of ether oxygens (including phenoxy) is 1. The molecule has 1 aliphatic heterocycles. The highest BCUT2D eigenvalue weighted by Gasteiger charge is 2.23. The van der Waals surface area contributed by atoms with Crippen LogP contribution in [0.25, 0.3) is 11.1 Å². The summed E-state index contributed by atoms with van der Waals surface area (Å²) in [6, 6.07) is 2.90. The number of aromatic carboxylic acids is 1. The molecule has 7 heteroatoms. The Morgan fingerprint density at radius 3 is 2.63 bits per heavy atom. The largest absolute Gasteiger partial charge is 0.477 e. The summed E-state index contributed by atoms with van der Waals surface area (Å²) in [6.07, 6.45) is 0. The van der Waals surface area contributed by atoms with Crippen molar-refractivity contribution in [1.29, 1.82) is 0 Å². The van der Waals surface area contributed by atoms with Crippen molar-refractivity contribution in [3.8, 4) is 0 Å². The van der Waals surface area contributed by atoms with Gasteiger partial charge in [0, 0.05) is 25.2 Å². The minimum atomic E-state index is -1.06. The SMILES string of the molecule is O=C(O)c1cc2oc(C(=O)N3CCOCC3)cc2[nH]1. The summed E-state index contributed by atoms with van der Waals surface area (Å²) in [6.45, 7) is 2.11. The first kappa shape index (κ1) is 11.8. The zero-order valence-corrected chi connectivity index (χ0v) is 10.0. The van der Waals surface area contributed by atoms with Gasteiger partial charge in [0.15, 0.2) is 11.3 Å². The molecule has 2 N–H and O–H groups in total. The second-order valence-corrected chi connectivity index (χ2v) is 4.28. The Labute approximate surface area is 107 Å². The van der Waals surface area contributed by atoms with Crippen LogP contribution in [0.4, 0.5) is 0 Å². The third kappa shape index (κ3) is 2.08. The van der Waals surface area contributed by atoms with Gasteiger partial charge in [-0.3, -0.25) is 4.79 Å². The van der Waals surface area contributed by atoms with Crippen LogP contribution in [0.3, 0.4) is 0 Å². The Morgan fingerprint density at radius 1 is 1.26 bits per heavy atom. The summed E-state index contributed by atoms with van der Waals surface area (Å²) in [7, 11) is 0. The highest BCUT2D eigenvalue weighted by atomic mass is 16.5. The third-order valence-electron chi connectivity index (χ3n) is 3.05. The van der Waals surface area contributed by atoms with E-state index in [2.05, 4.69) is 4.98 Å². The van der Waals surface area contributed by atoms with Gasteiger partial charge >= 0.3 is 5.97 Å². The maximum absolute atomic E-state index is 12.1. The van der Waals surface area contributed by atoms with Crippen molar-refractivity contribution in [3.05, 3.63) is 23.6 Å². The molecule has 0 bridgehead atoms. The van der Waals surface area contributed by atoms with Crippen LogP contribution in [0, 0.1) is 0 Å². The molecule has 1 saturated heterocycles. The van der Waals surface area contributed by atoms with Gasteiger partial charge < -0.3 is 24.1 Å². The van der Waals surface area contributed by atoms with Gasteiger partial charge in [0.25, 0.3) is 5.91 Å². The summed E-state index contributed by atoms with van der Waals surface area (Å²) in [5.74, 6) is -1.06. The van der Waals surface area contributed by atoms with E-state index < -0.39 is 5.97 Å². The molecule has 1 fully saturated rings. The molecule has 7 nitrogen and oxygen atoms in total. The Bertz CT molecular complexity index is 604. The number of morpholine rings is 1. The smallest absolute Gasteiger partial charge is 0.352 e.